The molecule has 0 aliphatic carbocycles. The molecular weight excluding hydrogens is 368 g/mol. The second kappa shape index (κ2) is 11.0. The van der Waals surface area contributed by atoms with Crippen LogP contribution in [0.2, 0.25) is 0 Å². The van der Waals surface area contributed by atoms with Crippen molar-refractivity contribution in [1.82, 2.24) is 15.5 Å². The minimum Gasteiger partial charge on any atom is -0.497 e. The summed E-state index contributed by atoms with van der Waals surface area (Å²) in [6, 6.07) is 8.47. The smallest absolute Gasteiger partial charge is 0.328 e. The maximum Gasteiger partial charge on any atom is 0.328 e. The van der Waals surface area contributed by atoms with E-state index < -0.39 is 5.60 Å². The van der Waals surface area contributed by atoms with Crippen LogP contribution in [0, 0.1) is 0 Å². The van der Waals surface area contributed by atoms with E-state index in [0.29, 0.717) is 12.5 Å². The lowest BCUT2D eigenvalue weighted by Crippen LogP contribution is -2.43. The number of nitrogens with one attached hydrogen (secondary N) is 2. The Morgan fingerprint density at radius 2 is 1.83 bits per heavy atom. The number of ether oxygens (including phenoxy) is 2. The molecule has 7 heteroatoms. The lowest BCUT2D eigenvalue weighted by molar-refractivity contribution is -0.152. The van der Waals surface area contributed by atoms with Gasteiger partial charge in [0, 0.05) is 13.1 Å². The molecule has 1 aromatic carbocycles. The molecule has 29 heavy (non-hydrogen) atoms. The molecule has 0 saturated carbocycles. The van der Waals surface area contributed by atoms with Gasteiger partial charge in [-0.05, 0) is 71.3 Å². The van der Waals surface area contributed by atoms with E-state index in [0.717, 1.165) is 25.4 Å². The van der Waals surface area contributed by atoms with Gasteiger partial charge in [0.25, 0.3) is 0 Å². The first-order valence-corrected chi connectivity index (χ1v) is 10.4. The molecule has 0 spiro atoms. The van der Waals surface area contributed by atoms with Crippen molar-refractivity contribution in [1.29, 1.82) is 0 Å². The first-order chi connectivity index (χ1) is 13.8. The quantitative estimate of drug-likeness (QED) is 0.394. The lowest BCUT2D eigenvalue weighted by Gasteiger charge is -2.29. The molecule has 1 aliphatic rings. The topological polar surface area (TPSA) is 75.2 Å². The number of carbonyl (C=O) groups is 1. The van der Waals surface area contributed by atoms with Gasteiger partial charge in [-0.2, -0.15) is 0 Å². The number of guanidine groups is 1. The molecule has 1 atom stereocenters. The number of rotatable bonds is 8. The molecule has 1 unspecified atom stereocenters. The molecule has 0 aromatic heterocycles. The zero-order valence-corrected chi connectivity index (χ0v) is 18.5. The van der Waals surface area contributed by atoms with E-state index in [1.807, 2.05) is 39.8 Å². The summed E-state index contributed by atoms with van der Waals surface area (Å²) >= 11 is 0. The Morgan fingerprint density at radius 1 is 1.17 bits per heavy atom. The Morgan fingerprint density at radius 3 is 2.38 bits per heavy atom. The van der Waals surface area contributed by atoms with Gasteiger partial charge in [0.15, 0.2) is 5.96 Å². The fourth-order valence-electron chi connectivity index (χ4n) is 3.39. The largest absolute Gasteiger partial charge is 0.497 e. The molecule has 162 valence electrons. The summed E-state index contributed by atoms with van der Waals surface area (Å²) in [7, 11) is 1.68. The highest BCUT2D eigenvalue weighted by atomic mass is 16.6. The third-order valence-electron chi connectivity index (χ3n) is 4.68. The predicted octanol–water partition coefficient (Wildman–Crippen LogP) is 2.73. The van der Waals surface area contributed by atoms with Gasteiger partial charge in [-0.15, -0.1) is 0 Å². The number of esters is 1. The van der Waals surface area contributed by atoms with E-state index in [2.05, 4.69) is 32.7 Å². The van der Waals surface area contributed by atoms with Crippen LogP contribution in [0.25, 0.3) is 0 Å². The van der Waals surface area contributed by atoms with Crippen LogP contribution in [0.4, 0.5) is 0 Å². The van der Waals surface area contributed by atoms with Crippen LogP contribution in [0.1, 0.15) is 52.1 Å². The Labute approximate surface area is 174 Å². The monoisotopic (exact) mass is 404 g/mol. The highest BCUT2D eigenvalue weighted by Gasteiger charge is 2.24. The number of likely N-dealkylation sites (tertiary alicyclic amines) is 1. The maximum atomic E-state index is 12.0. The van der Waals surface area contributed by atoms with Gasteiger partial charge in [-0.25, -0.2) is 4.99 Å². The molecule has 1 aliphatic heterocycles. The predicted molar refractivity (Wildman–Crippen MR) is 116 cm³/mol. The van der Waals surface area contributed by atoms with Gasteiger partial charge in [0.2, 0.25) is 0 Å². The molecule has 0 bridgehead atoms. The van der Waals surface area contributed by atoms with Crippen molar-refractivity contribution < 1.29 is 14.3 Å². The first-order valence-electron chi connectivity index (χ1n) is 10.4. The molecule has 0 radical (unpaired) electrons. The SMILES string of the molecule is CCNC(=NCC(=O)OC(C)(C)C)NCC(c1ccc(OC)cc1)N1CCCC1. The summed E-state index contributed by atoms with van der Waals surface area (Å²) in [4.78, 5) is 18.9. The standard InChI is InChI=1S/C22H36N4O3/c1-6-23-21(25-16-20(27)29-22(2,3)4)24-15-19(26-13-7-8-14-26)17-9-11-18(28-5)12-10-17/h9-12,19H,6-8,13-16H2,1-5H3,(H2,23,24,25). The molecule has 2 rings (SSSR count). The third-order valence-corrected chi connectivity index (χ3v) is 4.68. The van der Waals surface area contributed by atoms with Crippen molar-refractivity contribution in [3.05, 3.63) is 29.8 Å². The van der Waals surface area contributed by atoms with Crippen molar-refractivity contribution in [3.63, 3.8) is 0 Å². The van der Waals surface area contributed by atoms with Crippen molar-refractivity contribution in [2.45, 2.75) is 52.2 Å². The van der Waals surface area contributed by atoms with Crippen molar-refractivity contribution in [3.8, 4) is 5.75 Å². The fraction of sp³-hybridized carbons (Fsp3) is 0.636. The summed E-state index contributed by atoms with van der Waals surface area (Å²) in [5.74, 6) is 1.14. The van der Waals surface area contributed by atoms with Crippen LogP contribution in [-0.4, -0.2) is 62.3 Å². The number of benzene rings is 1. The second-order valence-electron chi connectivity index (χ2n) is 8.19. The van der Waals surface area contributed by atoms with E-state index in [1.54, 1.807) is 7.11 Å². The van der Waals surface area contributed by atoms with Crippen molar-refractivity contribution in [2.24, 2.45) is 4.99 Å². The summed E-state index contributed by atoms with van der Waals surface area (Å²) in [5.41, 5.74) is 0.733. The highest BCUT2D eigenvalue weighted by Crippen LogP contribution is 2.26. The first kappa shape index (κ1) is 23.0. The molecule has 0 amide bonds. The Kier molecular flexibility index (Phi) is 8.76. The van der Waals surface area contributed by atoms with Crippen LogP contribution >= 0.6 is 0 Å². The minimum absolute atomic E-state index is 0.0104. The fourth-order valence-corrected chi connectivity index (χ4v) is 3.39. The van der Waals surface area contributed by atoms with Gasteiger partial charge in [0.1, 0.15) is 17.9 Å². The van der Waals surface area contributed by atoms with Crippen LogP contribution in [-0.2, 0) is 9.53 Å². The van der Waals surface area contributed by atoms with Crippen molar-refractivity contribution in [2.75, 3.05) is 39.8 Å². The van der Waals surface area contributed by atoms with Gasteiger partial charge < -0.3 is 20.1 Å². The Bertz CT molecular complexity index is 662. The lowest BCUT2D eigenvalue weighted by atomic mass is 10.1. The van der Waals surface area contributed by atoms with Gasteiger partial charge in [-0.1, -0.05) is 12.1 Å². The van der Waals surface area contributed by atoms with Gasteiger partial charge >= 0.3 is 5.97 Å². The number of methoxy groups -OCH3 is 1. The van der Waals surface area contributed by atoms with Crippen LogP contribution in [0.5, 0.6) is 5.75 Å². The summed E-state index contributed by atoms with van der Waals surface area (Å²) < 4.78 is 10.6. The highest BCUT2D eigenvalue weighted by molar-refractivity contribution is 5.83. The molecule has 1 fully saturated rings. The molecule has 1 heterocycles. The van der Waals surface area contributed by atoms with Gasteiger partial charge in [-0.3, -0.25) is 9.69 Å². The van der Waals surface area contributed by atoms with E-state index in [9.17, 15) is 4.79 Å². The van der Waals surface area contributed by atoms with Gasteiger partial charge in [0.05, 0.1) is 13.2 Å². The summed E-state index contributed by atoms with van der Waals surface area (Å²) in [6.07, 6.45) is 2.44. The zero-order valence-electron chi connectivity index (χ0n) is 18.5. The van der Waals surface area contributed by atoms with Crippen LogP contribution in [0.3, 0.4) is 0 Å². The average Bonchev–Trinajstić information content (AvgIpc) is 3.19. The number of aliphatic imine (C=N–C) groups is 1. The second-order valence-corrected chi connectivity index (χ2v) is 8.19. The molecule has 1 aromatic rings. The summed E-state index contributed by atoms with van der Waals surface area (Å²) in [5, 5.41) is 6.61. The normalized spacial score (nSPS) is 16.4. The average molecular weight is 405 g/mol. The van der Waals surface area contributed by atoms with Crippen LogP contribution < -0.4 is 15.4 Å². The third kappa shape index (κ3) is 7.93. The number of carbonyl (C=O) groups excluding carboxylic acids is 1. The number of hydrogen-bond donors (Lipinski definition) is 2. The zero-order chi connectivity index (χ0) is 21.3. The molecule has 1 saturated heterocycles. The Hall–Kier alpha value is -2.28. The number of hydrogen-bond acceptors (Lipinski definition) is 5. The minimum atomic E-state index is -0.506. The van der Waals surface area contributed by atoms with E-state index >= 15 is 0 Å². The maximum absolute atomic E-state index is 12.0. The van der Waals surface area contributed by atoms with E-state index in [4.69, 9.17) is 9.47 Å². The van der Waals surface area contributed by atoms with E-state index in [1.165, 1.54) is 18.4 Å². The van der Waals surface area contributed by atoms with E-state index in [-0.39, 0.29) is 18.6 Å². The molecule has 7 nitrogen and oxygen atoms in total. The number of nitrogens with zero attached hydrogens (tertiary/aromatic N) is 2. The molecular formula is C22H36N4O3. The van der Waals surface area contributed by atoms with Crippen molar-refractivity contribution >= 4 is 11.9 Å². The summed E-state index contributed by atoms with van der Waals surface area (Å²) in [6.45, 7) is 11.2. The van der Waals surface area contributed by atoms with Crippen LogP contribution in [0.15, 0.2) is 29.3 Å². The Balaban J connectivity index is 2.05. The molecule has 2 N–H and O–H groups in total.